The number of unbranched alkanes of at least 4 members (excludes halogenated alkanes) is 1. The third-order valence-electron chi connectivity index (χ3n) is 4.73. The number of rotatable bonds is 10. The topological polar surface area (TPSA) is 98.3 Å². The van der Waals surface area contributed by atoms with Crippen LogP contribution in [0.15, 0.2) is 53.5 Å². The molecule has 3 aromatic rings. The van der Waals surface area contributed by atoms with Gasteiger partial charge in [0.25, 0.3) is 5.69 Å². The molecule has 0 radical (unpaired) electrons. The number of nitro benzene ring substituents is 1. The average Bonchev–Trinajstić information content (AvgIpc) is 3.36. The van der Waals surface area contributed by atoms with Crippen molar-refractivity contribution in [2.24, 2.45) is 0 Å². The van der Waals surface area contributed by atoms with Gasteiger partial charge in [-0.3, -0.25) is 10.1 Å². The first-order valence-electron chi connectivity index (χ1n) is 9.72. The van der Waals surface area contributed by atoms with E-state index in [4.69, 9.17) is 0 Å². The summed E-state index contributed by atoms with van der Waals surface area (Å²) in [6.45, 7) is 2.48. The molecule has 2 aromatic heterocycles. The maximum absolute atomic E-state index is 11.8. The Kier molecular flexibility index (Phi) is 7.13. The molecule has 0 aliphatic heterocycles. The normalized spacial score (nSPS) is 11.6. The molecule has 0 aliphatic rings. The maximum atomic E-state index is 11.8. The van der Waals surface area contributed by atoms with Crippen molar-refractivity contribution >= 4 is 29.1 Å². The van der Waals surface area contributed by atoms with E-state index in [2.05, 4.69) is 11.9 Å². The van der Waals surface area contributed by atoms with E-state index in [1.807, 2.05) is 28.1 Å². The molecule has 2 heterocycles. The monoisotopic (exact) mass is 425 g/mol. The van der Waals surface area contributed by atoms with Gasteiger partial charge in [-0.1, -0.05) is 31.5 Å². The number of nitrogens with zero attached hydrogens (tertiary/aromatic N) is 3. The van der Waals surface area contributed by atoms with E-state index < -0.39 is 10.9 Å². The molecule has 0 amide bonds. The zero-order chi connectivity index (χ0) is 21.5. The SMILES string of the molecule is CCCCc1ncc(C=C(Cc2cccs2)C(=O)O)n1Cc1cccc([N+](=O)[O-])c1. The van der Waals surface area contributed by atoms with Crippen LogP contribution in [-0.4, -0.2) is 25.6 Å². The summed E-state index contributed by atoms with van der Waals surface area (Å²) in [6.07, 6.45) is 6.39. The number of thiophene rings is 1. The molecule has 156 valence electrons. The summed E-state index contributed by atoms with van der Waals surface area (Å²) in [6, 6.07) is 10.3. The number of aliphatic carboxylic acids is 1. The molecule has 0 unspecified atom stereocenters. The van der Waals surface area contributed by atoms with Gasteiger partial charge in [0.15, 0.2) is 0 Å². The molecule has 0 saturated carbocycles. The second-order valence-corrected chi connectivity index (χ2v) is 7.98. The fraction of sp³-hybridized carbons (Fsp3) is 0.273. The van der Waals surface area contributed by atoms with E-state index in [-0.39, 0.29) is 11.3 Å². The van der Waals surface area contributed by atoms with Crippen LogP contribution >= 0.6 is 11.3 Å². The van der Waals surface area contributed by atoms with Gasteiger partial charge in [0.1, 0.15) is 5.82 Å². The van der Waals surface area contributed by atoms with E-state index in [1.165, 1.54) is 17.4 Å². The number of hydrogen-bond acceptors (Lipinski definition) is 5. The van der Waals surface area contributed by atoms with Crippen molar-refractivity contribution in [2.75, 3.05) is 0 Å². The van der Waals surface area contributed by atoms with Crippen LogP contribution in [-0.2, 0) is 24.2 Å². The van der Waals surface area contributed by atoms with Crippen molar-refractivity contribution in [3.63, 3.8) is 0 Å². The standard InChI is InChI=1S/C22H23N3O4S/c1-2-3-9-21-23-14-19(12-17(22(26)27)13-20-8-5-10-30-20)24(21)15-16-6-4-7-18(11-16)25(28)29/h4-8,10-12,14H,2-3,9,13,15H2,1H3,(H,26,27). The smallest absolute Gasteiger partial charge is 0.332 e. The minimum Gasteiger partial charge on any atom is -0.478 e. The Labute approximate surface area is 178 Å². The quantitative estimate of drug-likeness (QED) is 0.281. The number of nitro groups is 1. The van der Waals surface area contributed by atoms with Gasteiger partial charge >= 0.3 is 5.97 Å². The fourth-order valence-electron chi connectivity index (χ4n) is 3.18. The van der Waals surface area contributed by atoms with E-state index >= 15 is 0 Å². The van der Waals surface area contributed by atoms with Crippen molar-refractivity contribution in [3.8, 4) is 0 Å². The van der Waals surface area contributed by atoms with Crippen molar-refractivity contribution in [1.82, 2.24) is 9.55 Å². The molecule has 1 N–H and O–H groups in total. The van der Waals surface area contributed by atoms with Crippen LogP contribution < -0.4 is 0 Å². The van der Waals surface area contributed by atoms with Gasteiger partial charge in [-0.05, 0) is 29.5 Å². The predicted molar refractivity (Wildman–Crippen MR) is 117 cm³/mol. The lowest BCUT2D eigenvalue weighted by molar-refractivity contribution is -0.384. The molecule has 0 saturated heterocycles. The zero-order valence-electron chi connectivity index (χ0n) is 16.7. The largest absolute Gasteiger partial charge is 0.478 e. The number of carboxylic acid groups (broad SMARTS) is 1. The fourth-order valence-corrected chi connectivity index (χ4v) is 3.91. The first-order valence-corrected chi connectivity index (χ1v) is 10.6. The molecule has 30 heavy (non-hydrogen) atoms. The number of aromatic nitrogens is 2. The summed E-state index contributed by atoms with van der Waals surface area (Å²) < 4.78 is 1.95. The number of benzene rings is 1. The molecule has 3 rings (SSSR count). The van der Waals surface area contributed by atoms with Gasteiger partial charge in [0.2, 0.25) is 0 Å². The third kappa shape index (κ3) is 5.42. The highest BCUT2D eigenvalue weighted by molar-refractivity contribution is 7.09. The second kappa shape index (κ2) is 9.98. The maximum Gasteiger partial charge on any atom is 0.332 e. The lowest BCUT2D eigenvalue weighted by atomic mass is 10.1. The first kappa shape index (κ1) is 21.4. The number of aryl methyl sites for hydroxylation is 1. The van der Waals surface area contributed by atoms with Crippen molar-refractivity contribution in [1.29, 1.82) is 0 Å². The zero-order valence-corrected chi connectivity index (χ0v) is 17.5. The van der Waals surface area contributed by atoms with Crippen LogP contribution in [0.2, 0.25) is 0 Å². The summed E-state index contributed by atoms with van der Waals surface area (Å²) in [4.78, 5) is 28.0. The number of hydrogen-bond donors (Lipinski definition) is 1. The summed E-state index contributed by atoms with van der Waals surface area (Å²) in [5, 5.41) is 22.7. The van der Waals surface area contributed by atoms with Gasteiger partial charge in [-0.25, -0.2) is 9.78 Å². The first-order chi connectivity index (χ1) is 14.5. The van der Waals surface area contributed by atoms with Crippen molar-refractivity contribution in [2.45, 2.75) is 39.2 Å². The number of carbonyl (C=O) groups is 1. The molecule has 0 atom stereocenters. The van der Waals surface area contributed by atoms with E-state index in [0.717, 1.165) is 35.5 Å². The number of carboxylic acids is 1. The highest BCUT2D eigenvalue weighted by Crippen LogP contribution is 2.21. The van der Waals surface area contributed by atoms with Crippen LogP contribution in [0.25, 0.3) is 6.08 Å². The predicted octanol–water partition coefficient (Wildman–Crippen LogP) is 4.95. The van der Waals surface area contributed by atoms with Crippen LogP contribution in [0.1, 0.15) is 41.7 Å². The van der Waals surface area contributed by atoms with Gasteiger partial charge in [-0.15, -0.1) is 11.3 Å². The molecule has 7 nitrogen and oxygen atoms in total. The molecule has 0 fully saturated rings. The van der Waals surface area contributed by atoms with Gasteiger partial charge in [0.05, 0.1) is 16.8 Å². The number of non-ortho nitro benzene ring substituents is 1. The summed E-state index contributed by atoms with van der Waals surface area (Å²) in [5.74, 6) is -0.128. The van der Waals surface area contributed by atoms with E-state index in [1.54, 1.807) is 24.4 Å². The third-order valence-corrected chi connectivity index (χ3v) is 5.60. The van der Waals surface area contributed by atoms with Crippen LogP contribution in [0.4, 0.5) is 5.69 Å². The highest BCUT2D eigenvalue weighted by Gasteiger charge is 2.15. The summed E-state index contributed by atoms with van der Waals surface area (Å²) in [5.41, 5.74) is 1.76. The molecule has 1 aromatic carbocycles. The summed E-state index contributed by atoms with van der Waals surface area (Å²) >= 11 is 1.52. The molecular formula is C22H23N3O4S. The van der Waals surface area contributed by atoms with Crippen LogP contribution in [0.3, 0.4) is 0 Å². The Morgan fingerprint density at radius 1 is 1.33 bits per heavy atom. The summed E-state index contributed by atoms with van der Waals surface area (Å²) in [7, 11) is 0. The van der Waals surface area contributed by atoms with Gasteiger partial charge in [0, 0.05) is 42.0 Å². The second-order valence-electron chi connectivity index (χ2n) is 6.95. The van der Waals surface area contributed by atoms with Crippen molar-refractivity contribution < 1.29 is 14.8 Å². The Balaban J connectivity index is 1.97. The van der Waals surface area contributed by atoms with Crippen LogP contribution in [0.5, 0.6) is 0 Å². The lowest BCUT2D eigenvalue weighted by Crippen LogP contribution is -2.09. The molecular weight excluding hydrogens is 402 g/mol. The molecule has 0 spiro atoms. The van der Waals surface area contributed by atoms with E-state index in [9.17, 15) is 20.0 Å². The molecule has 0 aliphatic carbocycles. The lowest BCUT2D eigenvalue weighted by Gasteiger charge is -2.11. The van der Waals surface area contributed by atoms with E-state index in [0.29, 0.717) is 18.7 Å². The number of imidazole rings is 1. The Morgan fingerprint density at radius 3 is 2.83 bits per heavy atom. The highest BCUT2D eigenvalue weighted by atomic mass is 32.1. The Morgan fingerprint density at radius 2 is 2.17 bits per heavy atom. The van der Waals surface area contributed by atoms with Gasteiger partial charge in [-0.2, -0.15) is 0 Å². The molecule has 8 heteroatoms. The van der Waals surface area contributed by atoms with Crippen LogP contribution in [0, 0.1) is 10.1 Å². The molecule has 0 bridgehead atoms. The average molecular weight is 426 g/mol. The van der Waals surface area contributed by atoms with Gasteiger partial charge < -0.3 is 9.67 Å². The minimum atomic E-state index is -0.971. The Bertz CT molecular complexity index is 1050. The van der Waals surface area contributed by atoms with Crippen molar-refractivity contribution in [3.05, 3.63) is 85.6 Å². The minimum absolute atomic E-state index is 0.0312. The Hall–Kier alpha value is -3.26.